The smallest absolute Gasteiger partial charge is 0.318 e. The molecule has 0 aliphatic carbocycles. The number of nitrogens with zero attached hydrogens (tertiary/aromatic N) is 1. The fraction of sp³-hybridized carbons (Fsp3) is 0.556. The lowest BCUT2D eigenvalue weighted by Crippen LogP contribution is -2.50. The fourth-order valence-electron chi connectivity index (χ4n) is 3.05. The molecule has 2 heterocycles. The molecule has 1 atom stereocenters. The first-order valence-electron chi connectivity index (χ1n) is 8.89. The third kappa shape index (κ3) is 4.35. The van der Waals surface area contributed by atoms with E-state index in [9.17, 15) is 9.59 Å². The molecular formula is C18H25N3O4. The van der Waals surface area contributed by atoms with Gasteiger partial charge in [-0.05, 0) is 43.9 Å². The second-order valence-corrected chi connectivity index (χ2v) is 6.28. The van der Waals surface area contributed by atoms with Crippen molar-refractivity contribution in [2.45, 2.75) is 38.8 Å². The number of hydrogen-bond acceptors (Lipinski definition) is 4. The number of nitrogens with one attached hydrogen (secondary N) is 2. The Bertz CT molecular complexity index is 635. The molecule has 2 aliphatic rings. The summed E-state index contributed by atoms with van der Waals surface area (Å²) in [6.07, 6.45) is 2.56. The average Bonchev–Trinajstić information content (AvgIpc) is 2.84. The SMILES string of the molecule is CCN(Cc1ccc2c(c1)OCCO2)C(=O)N[C@@H]1CCCCNC1=O. The minimum Gasteiger partial charge on any atom is -0.486 e. The van der Waals surface area contributed by atoms with Crippen molar-refractivity contribution in [2.75, 3.05) is 26.3 Å². The van der Waals surface area contributed by atoms with Crippen LogP contribution in [0.25, 0.3) is 0 Å². The van der Waals surface area contributed by atoms with Crippen molar-refractivity contribution in [1.29, 1.82) is 0 Å². The van der Waals surface area contributed by atoms with Gasteiger partial charge in [0, 0.05) is 19.6 Å². The first kappa shape index (κ1) is 17.4. The Morgan fingerprint density at radius 1 is 1.28 bits per heavy atom. The molecule has 136 valence electrons. The summed E-state index contributed by atoms with van der Waals surface area (Å²) in [5.74, 6) is 1.35. The summed E-state index contributed by atoms with van der Waals surface area (Å²) in [5, 5.41) is 5.70. The molecular weight excluding hydrogens is 322 g/mol. The molecule has 0 aromatic heterocycles. The predicted molar refractivity (Wildman–Crippen MR) is 92.7 cm³/mol. The Hall–Kier alpha value is -2.44. The van der Waals surface area contributed by atoms with Crippen LogP contribution in [0.4, 0.5) is 4.79 Å². The van der Waals surface area contributed by atoms with E-state index < -0.39 is 6.04 Å². The van der Waals surface area contributed by atoms with Gasteiger partial charge in [-0.1, -0.05) is 6.07 Å². The van der Waals surface area contributed by atoms with Crippen LogP contribution in [0.5, 0.6) is 11.5 Å². The second-order valence-electron chi connectivity index (χ2n) is 6.28. The number of urea groups is 1. The zero-order chi connectivity index (χ0) is 17.6. The molecule has 1 saturated heterocycles. The van der Waals surface area contributed by atoms with Gasteiger partial charge < -0.3 is 25.0 Å². The van der Waals surface area contributed by atoms with Gasteiger partial charge in [0.15, 0.2) is 11.5 Å². The first-order valence-corrected chi connectivity index (χ1v) is 8.89. The van der Waals surface area contributed by atoms with Crippen LogP contribution >= 0.6 is 0 Å². The maximum atomic E-state index is 12.6. The van der Waals surface area contributed by atoms with E-state index in [1.807, 2.05) is 25.1 Å². The van der Waals surface area contributed by atoms with Crippen LogP contribution in [0.15, 0.2) is 18.2 Å². The van der Waals surface area contributed by atoms with Crippen molar-refractivity contribution >= 4 is 11.9 Å². The van der Waals surface area contributed by atoms with Crippen LogP contribution in [0.3, 0.4) is 0 Å². The van der Waals surface area contributed by atoms with Crippen LogP contribution in [-0.2, 0) is 11.3 Å². The molecule has 7 heteroatoms. The van der Waals surface area contributed by atoms with Gasteiger partial charge in [-0.2, -0.15) is 0 Å². The number of carbonyl (C=O) groups is 2. The molecule has 2 N–H and O–H groups in total. The van der Waals surface area contributed by atoms with Crippen molar-refractivity contribution < 1.29 is 19.1 Å². The molecule has 2 aliphatic heterocycles. The number of benzene rings is 1. The van der Waals surface area contributed by atoms with Crippen molar-refractivity contribution in [2.24, 2.45) is 0 Å². The molecule has 25 heavy (non-hydrogen) atoms. The minimum absolute atomic E-state index is 0.0961. The largest absolute Gasteiger partial charge is 0.486 e. The quantitative estimate of drug-likeness (QED) is 0.868. The third-order valence-corrected chi connectivity index (χ3v) is 4.48. The molecule has 0 saturated carbocycles. The van der Waals surface area contributed by atoms with E-state index in [2.05, 4.69) is 10.6 Å². The van der Waals surface area contributed by atoms with Gasteiger partial charge in [0.1, 0.15) is 19.3 Å². The summed E-state index contributed by atoms with van der Waals surface area (Å²) in [4.78, 5) is 26.3. The summed E-state index contributed by atoms with van der Waals surface area (Å²) < 4.78 is 11.1. The van der Waals surface area contributed by atoms with Crippen LogP contribution in [0.1, 0.15) is 31.7 Å². The monoisotopic (exact) mass is 347 g/mol. The topological polar surface area (TPSA) is 79.9 Å². The van der Waals surface area contributed by atoms with Gasteiger partial charge in [-0.25, -0.2) is 4.79 Å². The molecule has 1 aromatic carbocycles. The minimum atomic E-state index is -0.454. The van der Waals surface area contributed by atoms with Gasteiger partial charge in [0.25, 0.3) is 0 Å². The number of carbonyl (C=O) groups excluding carboxylic acids is 2. The Balaban J connectivity index is 1.63. The summed E-state index contributed by atoms with van der Waals surface area (Å²) in [5.41, 5.74) is 0.964. The van der Waals surface area contributed by atoms with Gasteiger partial charge >= 0.3 is 6.03 Å². The average molecular weight is 347 g/mol. The highest BCUT2D eigenvalue weighted by molar-refractivity contribution is 5.87. The Kier molecular flexibility index (Phi) is 5.63. The Morgan fingerprint density at radius 2 is 2.08 bits per heavy atom. The lowest BCUT2D eigenvalue weighted by atomic mass is 10.1. The lowest BCUT2D eigenvalue weighted by molar-refractivity contribution is -0.122. The van der Waals surface area contributed by atoms with Crippen LogP contribution < -0.4 is 20.1 Å². The molecule has 1 aromatic rings. The van der Waals surface area contributed by atoms with Gasteiger partial charge in [0.2, 0.25) is 5.91 Å². The molecule has 1 fully saturated rings. The van der Waals surface area contributed by atoms with Crippen molar-refractivity contribution in [3.8, 4) is 11.5 Å². The summed E-state index contributed by atoms with van der Waals surface area (Å²) in [7, 11) is 0. The maximum Gasteiger partial charge on any atom is 0.318 e. The highest BCUT2D eigenvalue weighted by atomic mass is 16.6. The van der Waals surface area contributed by atoms with Gasteiger partial charge in [0.05, 0.1) is 0 Å². The molecule has 3 amide bonds. The van der Waals surface area contributed by atoms with E-state index in [4.69, 9.17) is 9.47 Å². The first-order chi connectivity index (χ1) is 12.2. The van der Waals surface area contributed by atoms with Crippen molar-refractivity contribution in [1.82, 2.24) is 15.5 Å². The van der Waals surface area contributed by atoms with E-state index in [0.717, 1.165) is 24.2 Å². The third-order valence-electron chi connectivity index (χ3n) is 4.48. The van der Waals surface area contributed by atoms with E-state index in [1.54, 1.807) is 4.90 Å². The Labute approximate surface area is 147 Å². The van der Waals surface area contributed by atoms with Crippen LogP contribution in [0.2, 0.25) is 0 Å². The van der Waals surface area contributed by atoms with Crippen molar-refractivity contribution in [3.63, 3.8) is 0 Å². The molecule has 3 rings (SSSR count). The highest BCUT2D eigenvalue weighted by Crippen LogP contribution is 2.31. The normalized spacial score (nSPS) is 19.6. The van der Waals surface area contributed by atoms with Gasteiger partial charge in [-0.3, -0.25) is 4.79 Å². The predicted octanol–water partition coefficient (Wildman–Crippen LogP) is 1.66. The fourth-order valence-corrected chi connectivity index (χ4v) is 3.05. The molecule has 0 spiro atoms. The summed E-state index contributed by atoms with van der Waals surface area (Å²) in [6.45, 7) is 4.69. The van der Waals surface area contributed by atoms with Crippen LogP contribution in [0, 0.1) is 0 Å². The number of rotatable bonds is 4. The Morgan fingerprint density at radius 3 is 2.88 bits per heavy atom. The van der Waals surface area contributed by atoms with Crippen molar-refractivity contribution in [3.05, 3.63) is 23.8 Å². The number of fused-ring (bicyclic) bond motifs is 1. The second kappa shape index (κ2) is 8.09. The molecule has 0 unspecified atom stereocenters. The summed E-state index contributed by atoms with van der Waals surface area (Å²) >= 11 is 0. The molecule has 0 bridgehead atoms. The molecule has 7 nitrogen and oxygen atoms in total. The zero-order valence-corrected chi connectivity index (χ0v) is 14.5. The standard InChI is InChI=1S/C18H25N3O4/c1-2-21(18(23)20-14-5-3-4-8-19-17(14)22)12-13-6-7-15-16(11-13)25-10-9-24-15/h6-7,11,14H,2-5,8-10,12H2,1H3,(H,19,22)(H,20,23)/t14-/m1/s1. The van der Waals surface area contributed by atoms with E-state index in [0.29, 0.717) is 45.0 Å². The highest BCUT2D eigenvalue weighted by Gasteiger charge is 2.24. The van der Waals surface area contributed by atoms with E-state index in [-0.39, 0.29) is 11.9 Å². The summed E-state index contributed by atoms with van der Waals surface area (Å²) in [6, 6.07) is 5.03. The number of hydrogen-bond donors (Lipinski definition) is 2. The van der Waals surface area contributed by atoms with E-state index >= 15 is 0 Å². The number of amides is 3. The zero-order valence-electron chi connectivity index (χ0n) is 14.5. The molecule has 0 radical (unpaired) electrons. The lowest BCUT2D eigenvalue weighted by Gasteiger charge is -2.25. The van der Waals surface area contributed by atoms with Gasteiger partial charge in [-0.15, -0.1) is 0 Å². The van der Waals surface area contributed by atoms with Crippen LogP contribution in [-0.4, -0.2) is 49.2 Å². The van der Waals surface area contributed by atoms with E-state index in [1.165, 1.54) is 0 Å². The maximum absolute atomic E-state index is 12.6. The number of ether oxygens (including phenoxy) is 2.